The lowest BCUT2D eigenvalue weighted by Crippen LogP contribution is -2.39. The Labute approximate surface area is 91.7 Å². The van der Waals surface area contributed by atoms with Gasteiger partial charge in [-0.15, -0.1) is 0 Å². The minimum Gasteiger partial charge on any atom is -0.476 e. The topological polar surface area (TPSA) is 92.2 Å². The lowest BCUT2D eigenvalue weighted by Gasteiger charge is -2.25. The smallest absolute Gasteiger partial charge is 0.356 e. The molecule has 1 aliphatic rings. The van der Waals surface area contributed by atoms with Gasteiger partial charge in [-0.05, 0) is 19.3 Å². The van der Waals surface area contributed by atoms with E-state index in [1.165, 1.54) is 6.20 Å². The molecule has 0 bridgehead atoms. The van der Waals surface area contributed by atoms with Gasteiger partial charge in [0, 0.05) is 6.04 Å². The SMILES string of the molecule is O=C(O)c1cnc(C(=O)NC2CCC2)cn1. The predicted molar refractivity (Wildman–Crippen MR) is 54.1 cm³/mol. The van der Waals surface area contributed by atoms with Gasteiger partial charge in [0.15, 0.2) is 5.69 Å². The first-order valence-electron chi connectivity index (χ1n) is 5.03. The van der Waals surface area contributed by atoms with Crippen LogP contribution in [0.2, 0.25) is 0 Å². The Hall–Kier alpha value is -1.98. The molecule has 1 aromatic heterocycles. The van der Waals surface area contributed by atoms with Crippen molar-refractivity contribution in [1.29, 1.82) is 0 Å². The molecule has 0 aliphatic heterocycles. The lowest BCUT2D eigenvalue weighted by atomic mass is 9.93. The van der Waals surface area contributed by atoms with Gasteiger partial charge in [0.05, 0.1) is 12.4 Å². The molecule has 0 radical (unpaired) electrons. The zero-order valence-corrected chi connectivity index (χ0v) is 8.51. The van der Waals surface area contributed by atoms with Crippen LogP contribution < -0.4 is 5.32 Å². The molecule has 0 saturated heterocycles. The number of hydrogen-bond donors (Lipinski definition) is 2. The predicted octanol–water partition coefficient (Wildman–Crippen LogP) is 0.457. The molecule has 0 atom stereocenters. The summed E-state index contributed by atoms with van der Waals surface area (Å²) >= 11 is 0. The van der Waals surface area contributed by atoms with Crippen LogP contribution in [-0.4, -0.2) is 33.0 Å². The van der Waals surface area contributed by atoms with E-state index in [9.17, 15) is 9.59 Å². The Morgan fingerprint density at radius 2 is 1.88 bits per heavy atom. The number of hydrogen-bond acceptors (Lipinski definition) is 4. The molecule has 1 aliphatic carbocycles. The number of carbonyl (C=O) groups excluding carboxylic acids is 1. The van der Waals surface area contributed by atoms with E-state index < -0.39 is 5.97 Å². The molecule has 84 valence electrons. The van der Waals surface area contributed by atoms with Gasteiger partial charge in [-0.3, -0.25) is 4.79 Å². The van der Waals surface area contributed by atoms with Crippen molar-refractivity contribution in [1.82, 2.24) is 15.3 Å². The summed E-state index contributed by atoms with van der Waals surface area (Å²) < 4.78 is 0. The molecule has 0 spiro atoms. The number of aromatic carboxylic acids is 1. The first-order valence-corrected chi connectivity index (χ1v) is 5.03. The molecule has 1 amide bonds. The second-order valence-corrected chi connectivity index (χ2v) is 3.69. The van der Waals surface area contributed by atoms with Crippen molar-refractivity contribution in [3.05, 3.63) is 23.8 Å². The molecule has 1 fully saturated rings. The quantitative estimate of drug-likeness (QED) is 0.773. The highest BCUT2D eigenvalue weighted by Gasteiger charge is 2.20. The molecule has 2 N–H and O–H groups in total. The zero-order valence-electron chi connectivity index (χ0n) is 8.51. The third kappa shape index (κ3) is 2.16. The normalized spacial score (nSPS) is 15.2. The molecule has 1 heterocycles. The van der Waals surface area contributed by atoms with Crippen LogP contribution in [0.3, 0.4) is 0 Å². The molecule has 1 saturated carbocycles. The van der Waals surface area contributed by atoms with E-state index in [1.807, 2.05) is 0 Å². The summed E-state index contributed by atoms with van der Waals surface area (Å²) in [6.07, 6.45) is 5.38. The van der Waals surface area contributed by atoms with Crippen molar-refractivity contribution >= 4 is 11.9 Å². The molecular weight excluding hydrogens is 210 g/mol. The number of nitrogens with one attached hydrogen (secondary N) is 1. The van der Waals surface area contributed by atoms with E-state index in [0.717, 1.165) is 25.5 Å². The maximum atomic E-state index is 11.6. The number of carboxylic acids is 1. The summed E-state index contributed by atoms with van der Waals surface area (Å²) in [5, 5.41) is 11.4. The number of carbonyl (C=O) groups is 2. The van der Waals surface area contributed by atoms with Crippen LogP contribution in [0.5, 0.6) is 0 Å². The fourth-order valence-electron chi connectivity index (χ4n) is 1.37. The molecule has 0 aromatic carbocycles. The van der Waals surface area contributed by atoms with Crippen molar-refractivity contribution < 1.29 is 14.7 Å². The number of amides is 1. The Morgan fingerprint density at radius 3 is 2.31 bits per heavy atom. The first kappa shape index (κ1) is 10.5. The van der Waals surface area contributed by atoms with Crippen LogP contribution in [0, 0.1) is 0 Å². The van der Waals surface area contributed by atoms with Crippen LogP contribution in [-0.2, 0) is 0 Å². The van der Waals surface area contributed by atoms with Gasteiger partial charge in [-0.2, -0.15) is 0 Å². The summed E-state index contributed by atoms with van der Waals surface area (Å²) in [5.74, 6) is -1.45. The molecule has 6 nitrogen and oxygen atoms in total. The van der Waals surface area contributed by atoms with E-state index in [2.05, 4.69) is 15.3 Å². The minimum atomic E-state index is -1.15. The van der Waals surface area contributed by atoms with Gasteiger partial charge in [0.2, 0.25) is 0 Å². The third-order valence-corrected chi connectivity index (χ3v) is 2.54. The number of carboxylic acid groups (broad SMARTS) is 1. The average Bonchev–Trinajstić information content (AvgIpc) is 2.23. The monoisotopic (exact) mass is 221 g/mol. The molecule has 6 heteroatoms. The van der Waals surface area contributed by atoms with Gasteiger partial charge in [0.1, 0.15) is 5.69 Å². The maximum Gasteiger partial charge on any atom is 0.356 e. The number of nitrogens with zero attached hydrogens (tertiary/aromatic N) is 2. The number of aromatic nitrogens is 2. The molecule has 1 aromatic rings. The highest BCUT2D eigenvalue weighted by Crippen LogP contribution is 2.18. The van der Waals surface area contributed by atoms with Crippen molar-refractivity contribution in [3.8, 4) is 0 Å². The lowest BCUT2D eigenvalue weighted by molar-refractivity contribution is 0.0688. The van der Waals surface area contributed by atoms with Gasteiger partial charge in [-0.25, -0.2) is 14.8 Å². The van der Waals surface area contributed by atoms with Crippen LogP contribution in [0.1, 0.15) is 40.2 Å². The Balaban J connectivity index is 2.02. The maximum absolute atomic E-state index is 11.6. The highest BCUT2D eigenvalue weighted by atomic mass is 16.4. The molecular formula is C10H11N3O3. The Bertz CT molecular complexity index is 412. The minimum absolute atomic E-state index is 0.150. The van der Waals surface area contributed by atoms with Crippen molar-refractivity contribution in [2.75, 3.05) is 0 Å². The summed E-state index contributed by atoms with van der Waals surface area (Å²) in [4.78, 5) is 29.5. The van der Waals surface area contributed by atoms with E-state index in [0.29, 0.717) is 0 Å². The third-order valence-electron chi connectivity index (χ3n) is 2.54. The van der Waals surface area contributed by atoms with E-state index in [-0.39, 0.29) is 23.3 Å². The molecule has 16 heavy (non-hydrogen) atoms. The summed E-state index contributed by atoms with van der Waals surface area (Å²) in [6, 6.07) is 0.230. The average molecular weight is 221 g/mol. The van der Waals surface area contributed by atoms with E-state index >= 15 is 0 Å². The van der Waals surface area contributed by atoms with Crippen molar-refractivity contribution in [2.45, 2.75) is 25.3 Å². The summed E-state index contributed by atoms with van der Waals surface area (Å²) in [5.41, 5.74) is -0.0166. The Morgan fingerprint density at radius 1 is 1.25 bits per heavy atom. The van der Waals surface area contributed by atoms with Crippen LogP contribution in [0.25, 0.3) is 0 Å². The van der Waals surface area contributed by atoms with E-state index in [1.54, 1.807) is 0 Å². The fourth-order valence-corrected chi connectivity index (χ4v) is 1.37. The van der Waals surface area contributed by atoms with Crippen LogP contribution in [0.15, 0.2) is 12.4 Å². The van der Waals surface area contributed by atoms with Crippen molar-refractivity contribution in [3.63, 3.8) is 0 Å². The summed E-state index contributed by atoms with van der Waals surface area (Å²) in [6.45, 7) is 0. The second kappa shape index (κ2) is 4.26. The molecule has 0 unspecified atom stereocenters. The van der Waals surface area contributed by atoms with Gasteiger partial charge >= 0.3 is 5.97 Å². The van der Waals surface area contributed by atoms with Crippen molar-refractivity contribution in [2.24, 2.45) is 0 Å². The Kier molecular flexibility index (Phi) is 2.80. The van der Waals surface area contributed by atoms with Gasteiger partial charge in [0.25, 0.3) is 5.91 Å². The van der Waals surface area contributed by atoms with Gasteiger partial charge in [-0.1, -0.05) is 0 Å². The first-order chi connectivity index (χ1) is 7.66. The standard InChI is InChI=1S/C10H11N3O3/c14-9(13-6-2-1-3-6)7-4-12-8(5-11-7)10(15)16/h4-6H,1-3H2,(H,13,14)(H,15,16). The van der Waals surface area contributed by atoms with Gasteiger partial charge < -0.3 is 10.4 Å². The van der Waals surface area contributed by atoms with E-state index in [4.69, 9.17) is 5.11 Å². The zero-order chi connectivity index (χ0) is 11.5. The van der Waals surface area contributed by atoms with Crippen LogP contribution in [0.4, 0.5) is 0 Å². The molecule has 2 rings (SSSR count). The van der Waals surface area contributed by atoms with Crippen LogP contribution >= 0.6 is 0 Å². The fraction of sp³-hybridized carbons (Fsp3) is 0.400. The number of rotatable bonds is 3. The second-order valence-electron chi connectivity index (χ2n) is 3.69. The largest absolute Gasteiger partial charge is 0.476 e. The highest BCUT2D eigenvalue weighted by molar-refractivity contribution is 5.92. The summed E-state index contributed by atoms with van der Waals surface area (Å²) in [7, 11) is 0.